The Kier molecular flexibility index (Phi) is 8.11. The van der Waals surface area contributed by atoms with Crippen LogP contribution in [0.5, 0.6) is 0 Å². The highest BCUT2D eigenvalue weighted by Crippen LogP contribution is 2.34. The van der Waals surface area contributed by atoms with E-state index in [9.17, 15) is 9.59 Å². The molecule has 0 radical (unpaired) electrons. The molecule has 3 aromatic rings. The van der Waals surface area contributed by atoms with Gasteiger partial charge in [0.25, 0.3) is 5.91 Å². The number of carbonyl (C=O) groups excluding carboxylic acids is 2. The number of benzene rings is 2. The molecular weight excluding hydrogens is 438 g/mol. The van der Waals surface area contributed by atoms with Gasteiger partial charge in [0.15, 0.2) is 0 Å². The van der Waals surface area contributed by atoms with Gasteiger partial charge < -0.3 is 20.9 Å². The molecule has 0 aliphatic carbocycles. The second-order valence-electron chi connectivity index (χ2n) is 8.92. The molecule has 0 unspecified atom stereocenters. The van der Waals surface area contributed by atoms with E-state index in [1.807, 2.05) is 23.1 Å². The van der Waals surface area contributed by atoms with Crippen molar-refractivity contribution in [3.63, 3.8) is 0 Å². The zero-order valence-corrected chi connectivity index (χ0v) is 20.2. The molecule has 182 valence electrons. The fourth-order valence-corrected chi connectivity index (χ4v) is 4.52. The summed E-state index contributed by atoms with van der Waals surface area (Å²) in [6.45, 7) is 5.12. The Hall–Kier alpha value is -3.71. The molecule has 1 saturated heterocycles. The summed E-state index contributed by atoms with van der Waals surface area (Å²) in [6, 6.07) is 18.0. The minimum atomic E-state index is -0.0826. The van der Waals surface area contributed by atoms with E-state index >= 15 is 0 Å². The Morgan fingerprint density at radius 3 is 2.57 bits per heavy atom. The molecule has 0 atom stereocenters. The van der Waals surface area contributed by atoms with Crippen LogP contribution in [0.2, 0.25) is 0 Å². The average molecular weight is 472 g/mol. The first-order valence-corrected chi connectivity index (χ1v) is 12.2. The molecule has 2 amide bonds. The van der Waals surface area contributed by atoms with E-state index < -0.39 is 0 Å². The second-order valence-corrected chi connectivity index (χ2v) is 8.92. The molecule has 1 aliphatic rings. The zero-order chi connectivity index (χ0) is 24.6. The molecule has 1 aromatic heterocycles. The van der Waals surface area contributed by atoms with Gasteiger partial charge in [0.05, 0.1) is 16.9 Å². The monoisotopic (exact) mass is 471 g/mol. The molecule has 3 N–H and O–H groups in total. The van der Waals surface area contributed by atoms with Crippen LogP contribution in [0.25, 0.3) is 11.1 Å². The van der Waals surface area contributed by atoms with Crippen LogP contribution in [0, 0.1) is 0 Å². The van der Waals surface area contributed by atoms with Gasteiger partial charge in [-0.1, -0.05) is 24.3 Å². The highest BCUT2D eigenvalue weighted by molar-refractivity contribution is 5.95. The van der Waals surface area contributed by atoms with E-state index in [0.717, 1.165) is 47.6 Å². The van der Waals surface area contributed by atoms with Crippen molar-refractivity contribution in [1.82, 2.24) is 9.88 Å². The third-order valence-corrected chi connectivity index (χ3v) is 6.22. The summed E-state index contributed by atoms with van der Waals surface area (Å²) in [5.41, 5.74) is 11.3. The van der Waals surface area contributed by atoms with Crippen molar-refractivity contribution in [2.75, 3.05) is 36.4 Å². The highest BCUT2D eigenvalue weighted by Gasteiger charge is 2.18. The number of nitrogens with two attached hydrogens (primary N) is 1. The summed E-state index contributed by atoms with van der Waals surface area (Å²) in [5.74, 6) is -0.138. The second kappa shape index (κ2) is 11.6. The molecule has 35 heavy (non-hydrogen) atoms. The highest BCUT2D eigenvalue weighted by atomic mass is 16.2. The third kappa shape index (κ3) is 6.25. The summed E-state index contributed by atoms with van der Waals surface area (Å²) >= 11 is 0. The number of carbonyl (C=O) groups is 2. The summed E-state index contributed by atoms with van der Waals surface area (Å²) in [6.07, 6.45) is 6.32. The summed E-state index contributed by atoms with van der Waals surface area (Å²) in [4.78, 5) is 33.2. The van der Waals surface area contributed by atoms with E-state index in [1.54, 1.807) is 24.5 Å². The van der Waals surface area contributed by atoms with Crippen LogP contribution in [-0.4, -0.2) is 47.9 Å². The first-order valence-electron chi connectivity index (χ1n) is 12.2. The molecule has 0 saturated carbocycles. The molecule has 7 heteroatoms. The first-order chi connectivity index (χ1) is 17.0. The Morgan fingerprint density at radius 2 is 1.86 bits per heavy atom. The van der Waals surface area contributed by atoms with Gasteiger partial charge in [-0.15, -0.1) is 0 Å². The molecule has 2 aromatic carbocycles. The van der Waals surface area contributed by atoms with Crippen molar-refractivity contribution in [2.45, 2.75) is 32.7 Å². The summed E-state index contributed by atoms with van der Waals surface area (Å²) in [7, 11) is 0. The van der Waals surface area contributed by atoms with Gasteiger partial charge in [0.2, 0.25) is 5.91 Å². The summed E-state index contributed by atoms with van der Waals surface area (Å²) < 4.78 is 0. The van der Waals surface area contributed by atoms with E-state index in [4.69, 9.17) is 5.73 Å². The summed E-state index contributed by atoms with van der Waals surface area (Å²) in [5, 5.41) is 3.01. The van der Waals surface area contributed by atoms with E-state index in [1.165, 1.54) is 19.8 Å². The van der Waals surface area contributed by atoms with Crippen molar-refractivity contribution < 1.29 is 9.59 Å². The lowest BCUT2D eigenvalue weighted by Crippen LogP contribution is -2.32. The lowest BCUT2D eigenvalue weighted by molar-refractivity contribution is -0.114. The van der Waals surface area contributed by atoms with Crippen molar-refractivity contribution in [3.8, 4) is 11.1 Å². The molecule has 2 heterocycles. The predicted molar refractivity (Wildman–Crippen MR) is 140 cm³/mol. The van der Waals surface area contributed by atoms with Gasteiger partial charge >= 0.3 is 0 Å². The number of pyridine rings is 1. The Labute approximate surface area is 207 Å². The number of anilines is 2. The number of nitrogens with one attached hydrogen (secondary N) is 1. The minimum Gasteiger partial charge on any atom is -0.370 e. The van der Waals surface area contributed by atoms with Crippen LogP contribution >= 0.6 is 0 Å². The van der Waals surface area contributed by atoms with Gasteiger partial charge in [0, 0.05) is 45.5 Å². The molecule has 4 rings (SSSR count). The van der Waals surface area contributed by atoms with Crippen LogP contribution in [0.1, 0.15) is 42.1 Å². The van der Waals surface area contributed by atoms with Gasteiger partial charge in [-0.05, 0) is 72.8 Å². The van der Waals surface area contributed by atoms with Gasteiger partial charge in [-0.2, -0.15) is 0 Å². The fraction of sp³-hybridized carbons (Fsp3) is 0.321. The SMILES string of the molecule is CC(=O)Nc1cc(-c2cccc(CN(CCCN)C(=O)c3cccnc3)c2)ccc1N1CCCC1. The number of hydrogen-bond acceptors (Lipinski definition) is 5. The van der Waals surface area contributed by atoms with Gasteiger partial charge in [0.1, 0.15) is 0 Å². The smallest absolute Gasteiger partial charge is 0.255 e. The number of aromatic nitrogens is 1. The maximum atomic E-state index is 13.1. The zero-order valence-electron chi connectivity index (χ0n) is 20.2. The lowest BCUT2D eigenvalue weighted by atomic mass is 10.0. The Balaban J connectivity index is 1.59. The van der Waals surface area contributed by atoms with E-state index in [2.05, 4.69) is 39.5 Å². The quantitative estimate of drug-likeness (QED) is 0.486. The third-order valence-electron chi connectivity index (χ3n) is 6.22. The molecule has 1 aliphatic heterocycles. The molecule has 7 nitrogen and oxygen atoms in total. The minimum absolute atomic E-state index is 0.0557. The van der Waals surface area contributed by atoms with Crippen LogP contribution in [-0.2, 0) is 11.3 Å². The topological polar surface area (TPSA) is 91.6 Å². The maximum absolute atomic E-state index is 13.1. The molecular formula is C28H33N5O2. The lowest BCUT2D eigenvalue weighted by Gasteiger charge is -2.23. The van der Waals surface area contributed by atoms with Crippen molar-refractivity contribution in [1.29, 1.82) is 0 Å². The van der Waals surface area contributed by atoms with Crippen LogP contribution in [0.4, 0.5) is 11.4 Å². The largest absolute Gasteiger partial charge is 0.370 e. The van der Waals surface area contributed by atoms with Crippen molar-refractivity contribution in [3.05, 3.63) is 78.1 Å². The van der Waals surface area contributed by atoms with Gasteiger partial charge in [-0.25, -0.2) is 0 Å². The molecule has 1 fully saturated rings. The Bertz CT molecular complexity index is 1160. The first kappa shape index (κ1) is 24.4. The number of hydrogen-bond donors (Lipinski definition) is 2. The van der Waals surface area contributed by atoms with Crippen molar-refractivity contribution >= 4 is 23.2 Å². The van der Waals surface area contributed by atoms with Crippen molar-refractivity contribution in [2.24, 2.45) is 5.73 Å². The standard InChI is InChI=1S/C28H33N5O2/c1-21(34)31-26-18-24(10-11-27(26)32-14-2-3-15-32)23-8-4-7-22(17-23)20-33(16-6-12-29)28(35)25-9-5-13-30-19-25/h4-5,7-11,13,17-19H,2-3,6,12,14-16,20,29H2,1H3,(H,31,34). The predicted octanol–water partition coefficient (Wildman–Crippen LogP) is 4.30. The fourth-order valence-electron chi connectivity index (χ4n) is 4.52. The molecule has 0 bridgehead atoms. The normalized spacial score (nSPS) is 13.0. The number of amides is 2. The van der Waals surface area contributed by atoms with E-state index in [-0.39, 0.29) is 11.8 Å². The average Bonchev–Trinajstić information content (AvgIpc) is 3.41. The van der Waals surface area contributed by atoms with Crippen LogP contribution < -0.4 is 16.0 Å². The van der Waals surface area contributed by atoms with Gasteiger partial charge in [-0.3, -0.25) is 14.6 Å². The Morgan fingerprint density at radius 1 is 1.06 bits per heavy atom. The van der Waals surface area contributed by atoms with Crippen LogP contribution in [0.15, 0.2) is 67.0 Å². The van der Waals surface area contributed by atoms with E-state index in [0.29, 0.717) is 25.2 Å². The number of nitrogens with zero attached hydrogens (tertiary/aromatic N) is 3. The number of rotatable bonds is 9. The van der Waals surface area contributed by atoms with Crippen LogP contribution in [0.3, 0.4) is 0 Å². The molecule has 0 spiro atoms. The maximum Gasteiger partial charge on any atom is 0.255 e.